The molecule has 0 aliphatic heterocycles. The van der Waals surface area contributed by atoms with E-state index in [2.05, 4.69) is 37.3 Å². The van der Waals surface area contributed by atoms with E-state index in [1.54, 1.807) is 0 Å². The van der Waals surface area contributed by atoms with Crippen LogP contribution in [0.4, 0.5) is 0 Å². The third kappa shape index (κ3) is 1.57. The van der Waals surface area contributed by atoms with Gasteiger partial charge < -0.3 is 5.73 Å². The molecule has 2 atom stereocenters. The van der Waals surface area contributed by atoms with Crippen LogP contribution in [0.1, 0.15) is 38.2 Å². The molecule has 0 amide bonds. The zero-order valence-electron chi connectivity index (χ0n) is 8.87. The Hall–Kier alpha value is -0.820. The van der Waals surface area contributed by atoms with E-state index in [1.807, 2.05) is 0 Å². The maximum Gasteiger partial charge on any atom is 0.0435 e. The van der Waals surface area contributed by atoms with Crippen LogP contribution in [0, 0.1) is 5.92 Å². The minimum atomic E-state index is -0.0699. The van der Waals surface area contributed by atoms with E-state index >= 15 is 0 Å². The lowest BCUT2D eigenvalue weighted by Crippen LogP contribution is -2.45. The summed E-state index contributed by atoms with van der Waals surface area (Å²) in [6, 6.07) is 10.6. The number of hydrogen-bond donors (Lipinski definition) is 1. The van der Waals surface area contributed by atoms with Crippen molar-refractivity contribution in [2.75, 3.05) is 0 Å². The molecule has 0 spiro atoms. The molecule has 0 bridgehead atoms. The van der Waals surface area contributed by atoms with Crippen LogP contribution in [-0.4, -0.2) is 0 Å². The van der Waals surface area contributed by atoms with Crippen LogP contribution >= 0.6 is 0 Å². The summed E-state index contributed by atoms with van der Waals surface area (Å²) >= 11 is 0. The van der Waals surface area contributed by atoms with E-state index in [0.29, 0.717) is 5.92 Å². The summed E-state index contributed by atoms with van der Waals surface area (Å²) in [5, 5.41) is 0. The lowest BCUT2D eigenvalue weighted by Gasteiger charge is -2.40. The first-order valence-electron chi connectivity index (χ1n) is 5.58. The molecule has 1 unspecified atom stereocenters. The van der Waals surface area contributed by atoms with Gasteiger partial charge >= 0.3 is 0 Å². The fraction of sp³-hybridized carbons (Fsp3) is 0.538. The predicted molar refractivity (Wildman–Crippen MR) is 59.9 cm³/mol. The highest BCUT2D eigenvalue weighted by atomic mass is 14.8. The van der Waals surface area contributed by atoms with Crippen molar-refractivity contribution >= 4 is 0 Å². The molecule has 1 heteroatoms. The van der Waals surface area contributed by atoms with Gasteiger partial charge in [0.15, 0.2) is 0 Å². The van der Waals surface area contributed by atoms with Crippen molar-refractivity contribution in [2.24, 2.45) is 11.7 Å². The summed E-state index contributed by atoms with van der Waals surface area (Å²) in [5.41, 5.74) is 7.77. The average Bonchev–Trinajstić information content (AvgIpc) is 2.24. The Kier molecular flexibility index (Phi) is 2.60. The molecule has 0 aromatic heterocycles. The number of hydrogen-bond acceptors (Lipinski definition) is 1. The highest BCUT2D eigenvalue weighted by molar-refractivity contribution is 5.25. The molecule has 1 nitrogen and oxygen atoms in total. The highest BCUT2D eigenvalue weighted by Crippen LogP contribution is 2.38. The van der Waals surface area contributed by atoms with E-state index in [0.717, 1.165) is 6.42 Å². The first-order chi connectivity index (χ1) is 6.73. The van der Waals surface area contributed by atoms with Gasteiger partial charge in [-0.15, -0.1) is 0 Å². The summed E-state index contributed by atoms with van der Waals surface area (Å²) in [7, 11) is 0. The highest BCUT2D eigenvalue weighted by Gasteiger charge is 2.35. The van der Waals surface area contributed by atoms with E-state index < -0.39 is 0 Å². The molecule has 1 aliphatic carbocycles. The topological polar surface area (TPSA) is 26.0 Å². The molecule has 2 N–H and O–H groups in total. The normalized spacial score (nSPS) is 32.9. The Labute approximate surface area is 86.3 Å². The standard InChI is InChI=1S/C13H19N/c1-11-7-5-6-10-13(11,14)12-8-3-2-4-9-12/h2-4,8-9,11H,5-7,10,14H2,1H3/t11?,13-/m0/s1. The van der Waals surface area contributed by atoms with Crippen molar-refractivity contribution in [3.63, 3.8) is 0 Å². The molecular weight excluding hydrogens is 170 g/mol. The van der Waals surface area contributed by atoms with Crippen LogP contribution < -0.4 is 5.73 Å². The molecule has 1 saturated carbocycles. The molecule has 76 valence electrons. The van der Waals surface area contributed by atoms with Gasteiger partial charge in [-0.3, -0.25) is 0 Å². The monoisotopic (exact) mass is 189 g/mol. The van der Waals surface area contributed by atoms with Gasteiger partial charge in [-0.25, -0.2) is 0 Å². The van der Waals surface area contributed by atoms with E-state index in [4.69, 9.17) is 5.73 Å². The molecule has 1 fully saturated rings. The van der Waals surface area contributed by atoms with Crippen molar-refractivity contribution in [3.8, 4) is 0 Å². The van der Waals surface area contributed by atoms with Gasteiger partial charge in [-0.05, 0) is 24.3 Å². The molecule has 0 saturated heterocycles. The van der Waals surface area contributed by atoms with E-state index in [9.17, 15) is 0 Å². The van der Waals surface area contributed by atoms with Gasteiger partial charge in [0.05, 0.1) is 0 Å². The lowest BCUT2D eigenvalue weighted by atomic mass is 9.70. The zero-order valence-corrected chi connectivity index (χ0v) is 8.87. The number of nitrogens with two attached hydrogens (primary N) is 1. The second kappa shape index (κ2) is 3.74. The largest absolute Gasteiger partial charge is 0.321 e. The maximum absolute atomic E-state index is 6.52. The SMILES string of the molecule is CC1CCCC[C@@]1(N)c1ccccc1. The third-order valence-corrected chi connectivity index (χ3v) is 3.67. The first-order valence-corrected chi connectivity index (χ1v) is 5.58. The van der Waals surface area contributed by atoms with Gasteiger partial charge in [0, 0.05) is 5.54 Å². The van der Waals surface area contributed by atoms with Crippen molar-refractivity contribution in [2.45, 2.75) is 38.1 Å². The second-order valence-corrected chi connectivity index (χ2v) is 4.55. The first kappa shape index (κ1) is 9.72. The van der Waals surface area contributed by atoms with Crippen LogP contribution in [-0.2, 0) is 5.54 Å². The Morgan fingerprint density at radius 1 is 1.21 bits per heavy atom. The minimum Gasteiger partial charge on any atom is -0.321 e. The van der Waals surface area contributed by atoms with Crippen LogP contribution in [0.25, 0.3) is 0 Å². The van der Waals surface area contributed by atoms with Crippen LogP contribution in [0.3, 0.4) is 0 Å². The smallest absolute Gasteiger partial charge is 0.0435 e. The van der Waals surface area contributed by atoms with Crippen molar-refractivity contribution in [1.29, 1.82) is 0 Å². The Bertz CT molecular complexity index is 293. The van der Waals surface area contributed by atoms with Crippen molar-refractivity contribution < 1.29 is 0 Å². The number of rotatable bonds is 1. The summed E-state index contributed by atoms with van der Waals surface area (Å²) in [6.07, 6.45) is 5.02. The zero-order chi connectivity index (χ0) is 10.0. The second-order valence-electron chi connectivity index (χ2n) is 4.55. The van der Waals surface area contributed by atoms with Crippen LogP contribution in [0.5, 0.6) is 0 Å². The molecule has 0 radical (unpaired) electrons. The molecule has 2 rings (SSSR count). The molecule has 1 aromatic rings. The summed E-state index contributed by atoms with van der Waals surface area (Å²) in [4.78, 5) is 0. The Morgan fingerprint density at radius 3 is 2.57 bits per heavy atom. The molecule has 14 heavy (non-hydrogen) atoms. The summed E-state index contributed by atoms with van der Waals surface area (Å²) < 4.78 is 0. The van der Waals surface area contributed by atoms with Gasteiger partial charge in [-0.2, -0.15) is 0 Å². The van der Waals surface area contributed by atoms with Gasteiger partial charge in [0.25, 0.3) is 0 Å². The third-order valence-electron chi connectivity index (χ3n) is 3.67. The predicted octanol–water partition coefficient (Wildman–Crippen LogP) is 3.05. The lowest BCUT2D eigenvalue weighted by molar-refractivity contribution is 0.207. The van der Waals surface area contributed by atoms with Crippen molar-refractivity contribution in [1.82, 2.24) is 0 Å². The Morgan fingerprint density at radius 2 is 1.93 bits per heavy atom. The molecule has 0 heterocycles. The quantitative estimate of drug-likeness (QED) is 0.722. The molecular formula is C13H19N. The average molecular weight is 189 g/mol. The molecule has 1 aromatic carbocycles. The van der Waals surface area contributed by atoms with E-state index in [-0.39, 0.29) is 5.54 Å². The van der Waals surface area contributed by atoms with Crippen LogP contribution in [0.2, 0.25) is 0 Å². The summed E-state index contributed by atoms with van der Waals surface area (Å²) in [5.74, 6) is 0.610. The van der Waals surface area contributed by atoms with Gasteiger partial charge in [-0.1, -0.05) is 50.1 Å². The van der Waals surface area contributed by atoms with Crippen LogP contribution in [0.15, 0.2) is 30.3 Å². The fourth-order valence-electron chi connectivity index (χ4n) is 2.55. The van der Waals surface area contributed by atoms with E-state index in [1.165, 1.54) is 24.8 Å². The Balaban J connectivity index is 2.30. The maximum atomic E-state index is 6.52. The minimum absolute atomic E-state index is 0.0699. The molecule has 1 aliphatic rings. The fourth-order valence-corrected chi connectivity index (χ4v) is 2.55. The summed E-state index contributed by atoms with van der Waals surface area (Å²) in [6.45, 7) is 2.28. The number of benzene rings is 1. The van der Waals surface area contributed by atoms with Gasteiger partial charge in [0.1, 0.15) is 0 Å². The van der Waals surface area contributed by atoms with Crippen molar-refractivity contribution in [3.05, 3.63) is 35.9 Å². The van der Waals surface area contributed by atoms with Gasteiger partial charge in [0.2, 0.25) is 0 Å².